The number of carboxylic acid groups (broad SMARTS) is 1. The Balaban J connectivity index is 1.91. The molecule has 1 aliphatic rings. The van der Waals surface area contributed by atoms with Crippen LogP contribution >= 0.6 is 0 Å². The first kappa shape index (κ1) is 15.3. The van der Waals surface area contributed by atoms with E-state index in [2.05, 4.69) is 9.88 Å². The van der Waals surface area contributed by atoms with Crippen molar-refractivity contribution in [2.75, 3.05) is 31.1 Å². The third-order valence-corrected chi connectivity index (χ3v) is 3.53. The van der Waals surface area contributed by atoms with Crippen molar-refractivity contribution < 1.29 is 14.7 Å². The number of rotatable bonds is 4. The van der Waals surface area contributed by atoms with Gasteiger partial charge in [-0.25, -0.2) is 9.78 Å². The zero-order chi connectivity index (χ0) is 15.4. The summed E-state index contributed by atoms with van der Waals surface area (Å²) in [6, 6.07) is 3.27. The molecule has 6 nitrogen and oxygen atoms in total. The molecule has 21 heavy (non-hydrogen) atoms. The Hall–Kier alpha value is -2.11. The van der Waals surface area contributed by atoms with Gasteiger partial charge in [0.2, 0.25) is 5.91 Å². The zero-order valence-electron chi connectivity index (χ0n) is 12.5. The van der Waals surface area contributed by atoms with Crippen molar-refractivity contribution in [2.24, 2.45) is 5.92 Å². The average molecular weight is 291 g/mol. The lowest BCUT2D eigenvalue weighted by Crippen LogP contribution is -2.49. The van der Waals surface area contributed by atoms with Crippen LogP contribution in [0.15, 0.2) is 18.3 Å². The van der Waals surface area contributed by atoms with Crippen molar-refractivity contribution in [2.45, 2.75) is 20.3 Å². The number of anilines is 1. The molecule has 2 rings (SSSR count). The fourth-order valence-corrected chi connectivity index (χ4v) is 2.36. The third-order valence-electron chi connectivity index (χ3n) is 3.53. The number of piperazine rings is 1. The highest BCUT2D eigenvalue weighted by atomic mass is 16.4. The molecule has 0 atom stereocenters. The predicted molar refractivity (Wildman–Crippen MR) is 79.4 cm³/mol. The van der Waals surface area contributed by atoms with E-state index < -0.39 is 5.97 Å². The number of amides is 1. The summed E-state index contributed by atoms with van der Waals surface area (Å²) in [7, 11) is 0. The fourth-order valence-electron chi connectivity index (χ4n) is 2.36. The van der Waals surface area contributed by atoms with Crippen molar-refractivity contribution in [3.63, 3.8) is 0 Å². The van der Waals surface area contributed by atoms with E-state index in [0.29, 0.717) is 25.4 Å². The monoisotopic (exact) mass is 291 g/mol. The number of carboxylic acids is 1. The normalized spacial score (nSPS) is 15.4. The van der Waals surface area contributed by atoms with Crippen LogP contribution in [0.4, 0.5) is 5.82 Å². The molecule has 0 aliphatic carbocycles. The molecule has 1 fully saturated rings. The summed E-state index contributed by atoms with van der Waals surface area (Å²) in [5.41, 5.74) is 0.185. The molecule has 0 spiro atoms. The van der Waals surface area contributed by atoms with Crippen LogP contribution in [0.3, 0.4) is 0 Å². The van der Waals surface area contributed by atoms with E-state index in [4.69, 9.17) is 5.11 Å². The standard InChI is InChI=1S/C15H21N3O3/c1-11(2)9-14(19)18-7-5-17(6-8-18)13-4-3-12(10-16-13)15(20)21/h3-4,10-11H,5-9H2,1-2H3,(H,20,21). The number of hydrogen-bond donors (Lipinski definition) is 1. The molecule has 1 saturated heterocycles. The maximum absolute atomic E-state index is 12.0. The van der Waals surface area contributed by atoms with Crippen LogP contribution in [0.25, 0.3) is 0 Å². The van der Waals surface area contributed by atoms with Crippen molar-refractivity contribution in [3.8, 4) is 0 Å². The van der Waals surface area contributed by atoms with Gasteiger partial charge >= 0.3 is 5.97 Å². The highest BCUT2D eigenvalue weighted by Crippen LogP contribution is 2.15. The Morgan fingerprint density at radius 3 is 2.38 bits per heavy atom. The fraction of sp³-hybridized carbons (Fsp3) is 0.533. The minimum absolute atomic E-state index is 0.185. The SMILES string of the molecule is CC(C)CC(=O)N1CCN(c2ccc(C(=O)O)cn2)CC1. The summed E-state index contributed by atoms with van der Waals surface area (Å²) >= 11 is 0. The molecule has 6 heteroatoms. The van der Waals surface area contributed by atoms with Gasteiger partial charge in [0.1, 0.15) is 5.82 Å². The van der Waals surface area contributed by atoms with Crippen molar-refractivity contribution >= 4 is 17.7 Å². The lowest BCUT2D eigenvalue weighted by Gasteiger charge is -2.35. The summed E-state index contributed by atoms with van der Waals surface area (Å²) in [5.74, 6) is 0.369. The Kier molecular flexibility index (Phi) is 4.77. The van der Waals surface area contributed by atoms with Gasteiger partial charge in [-0.2, -0.15) is 0 Å². The summed E-state index contributed by atoms with van der Waals surface area (Å²) in [5, 5.41) is 8.86. The second-order valence-electron chi connectivity index (χ2n) is 5.68. The largest absolute Gasteiger partial charge is 0.478 e. The highest BCUT2D eigenvalue weighted by Gasteiger charge is 2.22. The molecule has 1 N–H and O–H groups in total. The Morgan fingerprint density at radius 2 is 1.90 bits per heavy atom. The molecule has 1 amide bonds. The molecule has 0 bridgehead atoms. The molecular formula is C15H21N3O3. The Labute approximate surface area is 124 Å². The van der Waals surface area contributed by atoms with Crippen LogP contribution in [-0.4, -0.2) is 53.0 Å². The van der Waals surface area contributed by atoms with Crippen molar-refractivity contribution in [1.29, 1.82) is 0 Å². The van der Waals surface area contributed by atoms with E-state index in [9.17, 15) is 9.59 Å². The number of pyridine rings is 1. The molecule has 0 aromatic carbocycles. The quantitative estimate of drug-likeness (QED) is 0.909. The van der Waals surface area contributed by atoms with Gasteiger partial charge in [0.25, 0.3) is 0 Å². The number of nitrogens with zero attached hydrogens (tertiary/aromatic N) is 3. The number of hydrogen-bond acceptors (Lipinski definition) is 4. The molecular weight excluding hydrogens is 270 g/mol. The molecule has 0 saturated carbocycles. The van der Waals surface area contributed by atoms with Gasteiger partial charge in [-0.3, -0.25) is 4.79 Å². The van der Waals surface area contributed by atoms with Gasteiger partial charge in [-0.05, 0) is 18.1 Å². The lowest BCUT2D eigenvalue weighted by atomic mass is 10.1. The molecule has 1 aliphatic heterocycles. The summed E-state index contributed by atoms with van der Waals surface area (Å²) in [4.78, 5) is 30.9. The Morgan fingerprint density at radius 1 is 1.24 bits per heavy atom. The molecule has 0 unspecified atom stereocenters. The maximum atomic E-state index is 12.0. The second-order valence-corrected chi connectivity index (χ2v) is 5.68. The summed E-state index contributed by atoms with van der Waals surface area (Å²) in [6.07, 6.45) is 1.96. The smallest absolute Gasteiger partial charge is 0.337 e. The number of carbonyl (C=O) groups excluding carboxylic acids is 1. The van der Waals surface area contributed by atoms with E-state index in [1.807, 2.05) is 18.7 Å². The first-order chi connectivity index (χ1) is 9.97. The third kappa shape index (κ3) is 3.93. The average Bonchev–Trinajstić information content (AvgIpc) is 2.47. The van der Waals surface area contributed by atoms with Gasteiger partial charge in [0.15, 0.2) is 0 Å². The minimum atomic E-state index is -0.974. The van der Waals surface area contributed by atoms with Crippen molar-refractivity contribution in [1.82, 2.24) is 9.88 Å². The van der Waals surface area contributed by atoms with Crippen LogP contribution in [0.1, 0.15) is 30.6 Å². The predicted octanol–water partition coefficient (Wildman–Crippen LogP) is 1.47. The number of aromatic carboxylic acids is 1. The van der Waals surface area contributed by atoms with Gasteiger partial charge in [0, 0.05) is 38.8 Å². The van der Waals surface area contributed by atoms with Gasteiger partial charge in [-0.1, -0.05) is 13.8 Å². The van der Waals surface area contributed by atoms with Crippen molar-refractivity contribution in [3.05, 3.63) is 23.9 Å². The number of aromatic nitrogens is 1. The molecule has 1 aromatic rings. The van der Waals surface area contributed by atoms with Gasteiger partial charge < -0.3 is 14.9 Å². The zero-order valence-corrected chi connectivity index (χ0v) is 12.5. The maximum Gasteiger partial charge on any atom is 0.337 e. The highest BCUT2D eigenvalue weighted by molar-refractivity contribution is 5.87. The van der Waals surface area contributed by atoms with Gasteiger partial charge in [0.05, 0.1) is 5.56 Å². The van der Waals surface area contributed by atoms with E-state index >= 15 is 0 Å². The minimum Gasteiger partial charge on any atom is -0.478 e. The molecule has 1 aromatic heterocycles. The first-order valence-corrected chi connectivity index (χ1v) is 7.19. The second kappa shape index (κ2) is 6.56. The van der Waals surface area contributed by atoms with Crippen LogP contribution < -0.4 is 4.90 Å². The summed E-state index contributed by atoms with van der Waals surface area (Å²) < 4.78 is 0. The first-order valence-electron chi connectivity index (χ1n) is 7.19. The van der Waals surface area contributed by atoms with Crippen LogP contribution in [0.2, 0.25) is 0 Å². The number of carbonyl (C=O) groups is 2. The summed E-state index contributed by atoms with van der Waals surface area (Å²) in [6.45, 7) is 6.92. The Bertz CT molecular complexity index is 505. The van der Waals surface area contributed by atoms with E-state index in [0.717, 1.165) is 18.9 Å². The topological polar surface area (TPSA) is 73.7 Å². The van der Waals surface area contributed by atoms with Gasteiger partial charge in [-0.15, -0.1) is 0 Å². The van der Waals surface area contributed by atoms with E-state index in [1.165, 1.54) is 6.20 Å². The molecule has 0 radical (unpaired) electrons. The molecule has 114 valence electrons. The van der Waals surface area contributed by atoms with E-state index in [-0.39, 0.29) is 11.5 Å². The lowest BCUT2D eigenvalue weighted by molar-refractivity contribution is -0.132. The van der Waals surface area contributed by atoms with Crippen LogP contribution in [0, 0.1) is 5.92 Å². The molecule has 2 heterocycles. The van der Waals surface area contributed by atoms with E-state index in [1.54, 1.807) is 12.1 Å². The van der Waals surface area contributed by atoms with Crippen LogP contribution in [0.5, 0.6) is 0 Å². The van der Waals surface area contributed by atoms with Crippen LogP contribution in [-0.2, 0) is 4.79 Å².